The van der Waals surface area contributed by atoms with Crippen LogP contribution in [0, 0.1) is 0 Å². The van der Waals surface area contributed by atoms with E-state index >= 15 is 0 Å². The number of hydroxylamine groups is 2. The molecule has 0 fully saturated rings. The van der Waals surface area contributed by atoms with Crippen LogP contribution in [0.1, 0.15) is 22.7 Å². The molecule has 0 saturated heterocycles. The minimum absolute atomic E-state index is 0.144. The summed E-state index contributed by atoms with van der Waals surface area (Å²) in [6.45, 7) is 0.144. The third-order valence-corrected chi connectivity index (χ3v) is 4.28. The van der Waals surface area contributed by atoms with Gasteiger partial charge in [-0.2, -0.15) is 13.2 Å². The highest BCUT2D eigenvalue weighted by atomic mass is 19.4. The van der Waals surface area contributed by atoms with Crippen molar-refractivity contribution in [1.29, 1.82) is 0 Å². The number of fused-ring (bicyclic) bond motifs is 1. The molecule has 2 heterocycles. The van der Waals surface area contributed by atoms with Crippen molar-refractivity contribution < 1.29 is 22.4 Å². The molecule has 1 aliphatic heterocycles. The van der Waals surface area contributed by atoms with E-state index in [9.17, 15) is 13.2 Å². The lowest BCUT2D eigenvalue weighted by atomic mass is 10.0. The zero-order valence-corrected chi connectivity index (χ0v) is 13.5. The number of alkyl halides is 3. The molecule has 0 radical (unpaired) electrons. The van der Waals surface area contributed by atoms with Gasteiger partial charge in [0.25, 0.3) is 0 Å². The van der Waals surface area contributed by atoms with Crippen molar-refractivity contribution >= 4 is 11.0 Å². The number of hydrogen-bond acceptors (Lipinski definition) is 4. The van der Waals surface area contributed by atoms with Crippen molar-refractivity contribution in [3.63, 3.8) is 0 Å². The zero-order chi connectivity index (χ0) is 18.3. The lowest BCUT2D eigenvalue weighted by Crippen LogP contribution is -2.23. The van der Waals surface area contributed by atoms with Gasteiger partial charge in [-0.1, -0.05) is 36.4 Å². The Balaban J connectivity index is 1.65. The van der Waals surface area contributed by atoms with E-state index in [1.165, 1.54) is 6.07 Å². The van der Waals surface area contributed by atoms with Crippen molar-refractivity contribution in [2.75, 3.05) is 0 Å². The van der Waals surface area contributed by atoms with Gasteiger partial charge in [0, 0.05) is 17.0 Å². The van der Waals surface area contributed by atoms with Crippen LogP contribution in [0.3, 0.4) is 0 Å². The van der Waals surface area contributed by atoms with Crippen molar-refractivity contribution in [3.8, 4) is 0 Å². The number of benzene rings is 2. The summed E-state index contributed by atoms with van der Waals surface area (Å²) in [7, 11) is 0. The molecule has 0 saturated carbocycles. The first-order valence-corrected chi connectivity index (χ1v) is 7.96. The molecular weight excluding hydrogens is 345 g/mol. The Bertz CT molecular complexity index is 978. The molecule has 1 aliphatic rings. The summed E-state index contributed by atoms with van der Waals surface area (Å²) in [5.41, 5.74) is 7.15. The summed E-state index contributed by atoms with van der Waals surface area (Å²) < 4.78 is 44.3. The first-order valence-electron chi connectivity index (χ1n) is 7.96. The maximum atomic E-state index is 12.9. The molecule has 0 aliphatic carbocycles. The van der Waals surface area contributed by atoms with E-state index in [1.807, 2.05) is 24.3 Å². The van der Waals surface area contributed by atoms with Gasteiger partial charge in [0.15, 0.2) is 0 Å². The molecule has 1 aromatic heterocycles. The van der Waals surface area contributed by atoms with E-state index in [0.29, 0.717) is 5.56 Å². The fraction of sp³-hybridized carbons (Fsp3) is 0.158. The lowest BCUT2D eigenvalue weighted by molar-refractivity contribution is -0.138. The van der Waals surface area contributed by atoms with Crippen LogP contribution in [0.15, 0.2) is 71.2 Å². The predicted octanol–water partition coefficient (Wildman–Crippen LogP) is 4.74. The average molecular weight is 360 g/mol. The predicted molar refractivity (Wildman–Crippen MR) is 89.3 cm³/mol. The van der Waals surface area contributed by atoms with Crippen LogP contribution >= 0.6 is 0 Å². The number of nitrogens with zero attached hydrogens (tertiary/aromatic N) is 1. The summed E-state index contributed by atoms with van der Waals surface area (Å²) in [6, 6.07) is 12.3. The van der Waals surface area contributed by atoms with E-state index in [0.717, 1.165) is 28.7 Å². The Labute approximate surface area is 147 Å². The van der Waals surface area contributed by atoms with Gasteiger partial charge in [0.1, 0.15) is 5.58 Å². The quantitative estimate of drug-likeness (QED) is 0.733. The maximum Gasteiger partial charge on any atom is 0.416 e. The molecule has 26 heavy (non-hydrogen) atoms. The van der Waals surface area contributed by atoms with Crippen molar-refractivity contribution in [3.05, 3.63) is 83.4 Å². The van der Waals surface area contributed by atoms with Gasteiger partial charge < -0.3 is 15.0 Å². The van der Waals surface area contributed by atoms with Gasteiger partial charge in [0.2, 0.25) is 5.88 Å². The van der Waals surface area contributed by atoms with Gasteiger partial charge in [0.05, 0.1) is 24.4 Å². The summed E-state index contributed by atoms with van der Waals surface area (Å²) in [5, 5.41) is 2.45. The Hall–Kier alpha value is -2.93. The molecule has 2 aromatic carbocycles. The largest absolute Gasteiger partial charge is 0.464 e. The maximum absolute atomic E-state index is 12.9. The number of para-hydroxylation sites is 1. The molecular formula is C19H15F3N2O2. The Morgan fingerprint density at radius 2 is 1.88 bits per heavy atom. The normalized spacial score (nSPS) is 18.1. The van der Waals surface area contributed by atoms with Crippen LogP contribution in [-0.4, -0.2) is 5.06 Å². The van der Waals surface area contributed by atoms with Gasteiger partial charge in [-0.15, -0.1) is 5.06 Å². The summed E-state index contributed by atoms with van der Waals surface area (Å²) in [5.74, 6) is 0.201. The summed E-state index contributed by atoms with van der Waals surface area (Å²) in [4.78, 5) is 5.53. The van der Waals surface area contributed by atoms with Gasteiger partial charge in [-0.3, -0.25) is 0 Å². The van der Waals surface area contributed by atoms with Gasteiger partial charge in [-0.25, -0.2) is 0 Å². The Morgan fingerprint density at radius 3 is 2.69 bits per heavy atom. The number of furan rings is 1. The minimum atomic E-state index is -4.39. The molecule has 134 valence electrons. The average Bonchev–Trinajstić information content (AvgIpc) is 3.17. The van der Waals surface area contributed by atoms with Crippen LogP contribution in [-0.2, 0) is 17.6 Å². The molecule has 4 rings (SSSR count). The van der Waals surface area contributed by atoms with E-state index < -0.39 is 11.7 Å². The van der Waals surface area contributed by atoms with E-state index in [-0.39, 0.29) is 18.5 Å². The highest BCUT2D eigenvalue weighted by molar-refractivity contribution is 5.81. The SMILES string of the molecule is NC1=CC(c2coc3ccccc23)N(Cc2cccc(C(F)(F)F)c2)O1. The first kappa shape index (κ1) is 16.5. The van der Waals surface area contributed by atoms with Gasteiger partial charge >= 0.3 is 6.18 Å². The molecule has 7 heteroatoms. The zero-order valence-electron chi connectivity index (χ0n) is 13.5. The number of rotatable bonds is 3. The topological polar surface area (TPSA) is 51.6 Å². The minimum Gasteiger partial charge on any atom is -0.464 e. The van der Waals surface area contributed by atoms with Crippen LogP contribution in [0.2, 0.25) is 0 Å². The smallest absolute Gasteiger partial charge is 0.416 e. The number of hydrogen-bond donors (Lipinski definition) is 1. The molecule has 1 atom stereocenters. The van der Waals surface area contributed by atoms with Crippen molar-refractivity contribution in [1.82, 2.24) is 5.06 Å². The summed E-state index contributed by atoms with van der Waals surface area (Å²) in [6.07, 6.45) is -1.06. The summed E-state index contributed by atoms with van der Waals surface area (Å²) >= 11 is 0. The van der Waals surface area contributed by atoms with Crippen LogP contribution < -0.4 is 5.73 Å². The second kappa shape index (κ2) is 6.10. The van der Waals surface area contributed by atoms with Gasteiger partial charge in [-0.05, 0) is 17.7 Å². The molecule has 0 spiro atoms. The highest BCUT2D eigenvalue weighted by Crippen LogP contribution is 2.37. The number of nitrogens with two attached hydrogens (primary N) is 1. The fourth-order valence-corrected chi connectivity index (χ4v) is 3.09. The van der Waals surface area contributed by atoms with E-state index in [2.05, 4.69) is 0 Å². The second-order valence-electron chi connectivity index (χ2n) is 6.07. The second-order valence-corrected chi connectivity index (χ2v) is 6.07. The number of halogens is 3. The lowest BCUT2D eigenvalue weighted by Gasteiger charge is -2.22. The first-order chi connectivity index (χ1) is 12.4. The molecule has 0 bridgehead atoms. The Morgan fingerprint density at radius 1 is 1.08 bits per heavy atom. The van der Waals surface area contributed by atoms with E-state index in [4.69, 9.17) is 15.0 Å². The van der Waals surface area contributed by atoms with E-state index in [1.54, 1.807) is 23.5 Å². The third kappa shape index (κ3) is 3.01. The fourth-order valence-electron chi connectivity index (χ4n) is 3.09. The highest BCUT2D eigenvalue weighted by Gasteiger charge is 2.32. The monoisotopic (exact) mass is 360 g/mol. The molecule has 0 amide bonds. The van der Waals surface area contributed by atoms with Crippen molar-refractivity contribution in [2.45, 2.75) is 18.8 Å². The van der Waals surface area contributed by atoms with Crippen LogP contribution in [0.4, 0.5) is 13.2 Å². The molecule has 4 nitrogen and oxygen atoms in total. The third-order valence-electron chi connectivity index (χ3n) is 4.28. The Kier molecular flexibility index (Phi) is 3.88. The van der Waals surface area contributed by atoms with Crippen LogP contribution in [0.25, 0.3) is 11.0 Å². The molecule has 1 unspecified atom stereocenters. The molecule has 2 N–H and O–H groups in total. The molecule has 3 aromatic rings. The van der Waals surface area contributed by atoms with Crippen LogP contribution in [0.5, 0.6) is 0 Å². The van der Waals surface area contributed by atoms with Crippen molar-refractivity contribution in [2.24, 2.45) is 5.73 Å². The standard InChI is InChI=1S/C19H15F3N2O2/c20-19(21,22)13-5-3-4-12(8-13)10-24-16(9-18(23)26-24)15-11-25-17-7-2-1-6-14(15)17/h1-9,11,16H,10,23H2.